The number of benzene rings is 3. The molecule has 0 aliphatic carbocycles. The van der Waals surface area contributed by atoms with E-state index in [0.29, 0.717) is 37.4 Å². The normalized spacial score (nSPS) is 15.5. The molecule has 2 heterocycles. The van der Waals surface area contributed by atoms with E-state index in [0.717, 1.165) is 40.7 Å². The highest BCUT2D eigenvalue weighted by molar-refractivity contribution is 5.86. The van der Waals surface area contributed by atoms with Crippen LogP contribution in [0.2, 0.25) is 0 Å². The highest BCUT2D eigenvalue weighted by atomic mass is 19.4. The van der Waals surface area contributed by atoms with Crippen molar-refractivity contribution in [3.8, 4) is 0 Å². The minimum atomic E-state index is -4.52. The lowest BCUT2D eigenvalue weighted by molar-refractivity contribution is -0.138. The lowest BCUT2D eigenvalue weighted by atomic mass is 9.87. The number of fused-ring (bicyclic) bond motifs is 1. The predicted molar refractivity (Wildman–Crippen MR) is 141 cm³/mol. The largest absolute Gasteiger partial charge is 0.416 e. The first-order valence-corrected chi connectivity index (χ1v) is 12.8. The van der Waals surface area contributed by atoms with Crippen LogP contribution >= 0.6 is 0 Å². The lowest BCUT2D eigenvalue weighted by Gasteiger charge is -2.37. The molecular formula is C30H27F6N3O. The number of aromatic nitrogens is 1. The van der Waals surface area contributed by atoms with Gasteiger partial charge in [-0.05, 0) is 41.5 Å². The molecular weight excluding hydrogens is 532 g/mol. The van der Waals surface area contributed by atoms with Crippen LogP contribution < -0.4 is 4.90 Å². The second-order valence-electron chi connectivity index (χ2n) is 10.0. The smallest absolute Gasteiger partial charge is 0.368 e. The first-order valence-electron chi connectivity index (χ1n) is 12.8. The fourth-order valence-electron chi connectivity index (χ4n) is 5.39. The number of halogens is 6. The average Bonchev–Trinajstić information content (AvgIpc) is 3.27. The third-order valence-corrected chi connectivity index (χ3v) is 7.47. The molecule has 40 heavy (non-hydrogen) atoms. The van der Waals surface area contributed by atoms with Gasteiger partial charge in [-0.25, -0.2) is 0 Å². The average molecular weight is 560 g/mol. The fraction of sp³-hybridized carbons (Fsp3) is 0.300. The van der Waals surface area contributed by atoms with Crippen LogP contribution in [0.1, 0.15) is 34.6 Å². The Morgan fingerprint density at radius 1 is 0.800 bits per heavy atom. The Morgan fingerprint density at radius 2 is 1.43 bits per heavy atom. The van der Waals surface area contributed by atoms with E-state index in [1.165, 1.54) is 12.1 Å². The molecule has 1 aliphatic rings. The number of rotatable bonds is 5. The molecule has 0 bridgehead atoms. The van der Waals surface area contributed by atoms with Crippen LogP contribution in [0.25, 0.3) is 10.9 Å². The summed E-state index contributed by atoms with van der Waals surface area (Å²) < 4.78 is 82.1. The Labute approximate surface area is 227 Å². The fourth-order valence-corrected chi connectivity index (χ4v) is 5.39. The third-order valence-electron chi connectivity index (χ3n) is 7.47. The number of carbonyl (C=O) groups excluding carboxylic acids is 1. The standard InChI is InChI=1S/C30H27F6N3O/c1-37-19-26(24-10-2-3-11-27(24)37)25(20-6-4-7-21(16-20)29(31,32)33)18-28(40)39-14-12-38(13-15-39)23-9-5-8-22(17-23)30(34,35)36/h2-11,16-17,19,25H,12-15,18H2,1H3. The molecule has 1 amide bonds. The summed E-state index contributed by atoms with van der Waals surface area (Å²) in [5.41, 5.74) is 0.964. The minimum absolute atomic E-state index is 0.0428. The molecule has 4 aromatic rings. The molecule has 1 fully saturated rings. The Balaban J connectivity index is 1.39. The van der Waals surface area contributed by atoms with E-state index in [1.807, 2.05) is 42.1 Å². The van der Waals surface area contributed by atoms with Crippen LogP contribution in [0.15, 0.2) is 79.0 Å². The first-order chi connectivity index (χ1) is 18.9. The molecule has 1 saturated heterocycles. The van der Waals surface area contributed by atoms with Gasteiger partial charge in [-0.2, -0.15) is 26.3 Å². The Morgan fingerprint density at radius 3 is 2.10 bits per heavy atom. The maximum absolute atomic E-state index is 13.6. The van der Waals surface area contributed by atoms with Crippen LogP contribution in [0, 0.1) is 0 Å². The molecule has 1 unspecified atom stereocenters. The Hall–Kier alpha value is -3.95. The van der Waals surface area contributed by atoms with Crippen molar-refractivity contribution >= 4 is 22.5 Å². The summed E-state index contributed by atoms with van der Waals surface area (Å²) in [4.78, 5) is 17.0. The molecule has 1 atom stereocenters. The highest BCUT2D eigenvalue weighted by Gasteiger charge is 2.34. The lowest BCUT2D eigenvalue weighted by Crippen LogP contribution is -2.49. The van der Waals surface area contributed by atoms with E-state index >= 15 is 0 Å². The number of piperazine rings is 1. The van der Waals surface area contributed by atoms with Gasteiger partial charge >= 0.3 is 12.4 Å². The topological polar surface area (TPSA) is 28.5 Å². The summed E-state index contributed by atoms with van der Waals surface area (Å²) in [5, 5.41) is 0.856. The molecule has 210 valence electrons. The van der Waals surface area contributed by atoms with Gasteiger partial charge in [0.25, 0.3) is 0 Å². The number of nitrogens with zero attached hydrogens (tertiary/aromatic N) is 3. The second kappa shape index (κ2) is 10.6. The summed E-state index contributed by atoms with van der Waals surface area (Å²) in [6.45, 7) is 1.27. The number of anilines is 1. The van der Waals surface area contributed by atoms with Crippen LogP contribution in [0.5, 0.6) is 0 Å². The molecule has 4 nitrogen and oxygen atoms in total. The molecule has 1 aliphatic heterocycles. The monoisotopic (exact) mass is 559 g/mol. The van der Waals surface area contributed by atoms with Crippen molar-refractivity contribution in [3.05, 3.63) is 101 Å². The summed E-state index contributed by atoms with van der Waals surface area (Å²) in [6.07, 6.45) is -7.16. The van der Waals surface area contributed by atoms with Crippen molar-refractivity contribution in [2.75, 3.05) is 31.1 Å². The van der Waals surface area contributed by atoms with Gasteiger partial charge in [0.1, 0.15) is 0 Å². The molecule has 3 aromatic carbocycles. The van der Waals surface area contributed by atoms with Gasteiger partial charge < -0.3 is 14.4 Å². The summed E-state index contributed by atoms with van der Waals surface area (Å²) in [6, 6.07) is 17.7. The van der Waals surface area contributed by atoms with E-state index in [-0.39, 0.29) is 12.3 Å². The zero-order chi connectivity index (χ0) is 28.7. The SMILES string of the molecule is Cn1cc(C(CC(=O)N2CCN(c3cccc(C(F)(F)F)c3)CC2)c2cccc(C(F)(F)F)c2)c2ccccc21. The van der Waals surface area contributed by atoms with Crippen molar-refractivity contribution < 1.29 is 31.1 Å². The Kier molecular flexibility index (Phi) is 7.29. The van der Waals surface area contributed by atoms with E-state index in [4.69, 9.17) is 0 Å². The van der Waals surface area contributed by atoms with Gasteiger partial charge in [-0.1, -0.05) is 42.5 Å². The molecule has 5 rings (SSSR count). The highest BCUT2D eigenvalue weighted by Crippen LogP contribution is 2.38. The van der Waals surface area contributed by atoms with E-state index < -0.39 is 29.4 Å². The second-order valence-corrected chi connectivity index (χ2v) is 10.0. The van der Waals surface area contributed by atoms with Crippen molar-refractivity contribution in [1.29, 1.82) is 0 Å². The summed E-state index contributed by atoms with van der Waals surface area (Å²) in [7, 11) is 1.85. The summed E-state index contributed by atoms with van der Waals surface area (Å²) in [5.74, 6) is -0.846. The van der Waals surface area contributed by atoms with Crippen LogP contribution in [-0.2, 0) is 24.2 Å². The molecule has 0 N–H and O–H groups in total. The van der Waals surface area contributed by atoms with Crippen LogP contribution in [-0.4, -0.2) is 41.6 Å². The quantitative estimate of drug-likeness (QED) is 0.245. The van der Waals surface area contributed by atoms with Crippen molar-refractivity contribution in [1.82, 2.24) is 9.47 Å². The number of hydrogen-bond acceptors (Lipinski definition) is 2. The van der Waals surface area contributed by atoms with Gasteiger partial charge in [-0.3, -0.25) is 4.79 Å². The van der Waals surface area contributed by atoms with E-state index in [2.05, 4.69) is 0 Å². The van der Waals surface area contributed by atoms with E-state index in [1.54, 1.807) is 21.9 Å². The van der Waals surface area contributed by atoms with Gasteiger partial charge in [0.15, 0.2) is 0 Å². The number of carbonyl (C=O) groups is 1. The minimum Gasteiger partial charge on any atom is -0.368 e. The van der Waals surface area contributed by atoms with Crippen molar-refractivity contribution in [3.63, 3.8) is 0 Å². The van der Waals surface area contributed by atoms with Crippen molar-refractivity contribution in [2.45, 2.75) is 24.7 Å². The van der Waals surface area contributed by atoms with Crippen LogP contribution in [0.4, 0.5) is 32.0 Å². The molecule has 0 spiro atoms. The number of para-hydroxylation sites is 1. The molecule has 0 saturated carbocycles. The van der Waals surface area contributed by atoms with Gasteiger partial charge in [-0.15, -0.1) is 0 Å². The Bertz CT molecular complexity index is 1520. The third kappa shape index (κ3) is 5.66. The van der Waals surface area contributed by atoms with E-state index in [9.17, 15) is 31.1 Å². The zero-order valence-electron chi connectivity index (χ0n) is 21.6. The predicted octanol–water partition coefficient (Wildman–Crippen LogP) is 7.09. The van der Waals surface area contributed by atoms with Gasteiger partial charge in [0, 0.05) is 68.4 Å². The zero-order valence-corrected chi connectivity index (χ0v) is 21.6. The maximum Gasteiger partial charge on any atom is 0.416 e. The maximum atomic E-state index is 13.6. The van der Waals surface area contributed by atoms with Crippen molar-refractivity contribution in [2.24, 2.45) is 7.05 Å². The van der Waals surface area contributed by atoms with Crippen LogP contribution in [0.3, 0.4) is 0 Å². The molecule has 1 aromatic heterocycles. The number of alkyl halides is 6. The van der Waals surface area contributed by atoms with Gasteiger partial charge in [0.05, 0.1) is 11.1 Å². The molecule has 0 radical (unpaired) electrons. The number of hydrogen-bond donors (Lipinski definition) is 0. The molecule has 10 heteroatoms. The number of aryl methyl sites for hydroxylation is 1. The first kappa shape index (κ1) is 27.6. The summed E-state index contributed by atoms with van der Waals surface area (Å²) >= 11 is 0. The number of amides is 1. The van der Waals surface area contributed by atoms with Gasteiger partial charge in [0.2, 0.25) is 5.91 Å².